The summed E-state index contributed by atoms with van der Waals surface area (Å²) in [4.78, 5) is 17.7. The number of amides is 1. The number of halogens is 2. The highest BCUT2D eigenvalue weighted by molar-refractivity contribution is 5.92. The third-order valence-corrected chi connectivity index (χ3v) is 3.54. The van der Waals surface area contributed by atoms with Crippen LogP contribution in [-0.4, -0.2) is 48.5 Å². The van der Waals surface area contributed by atoms with E-state index in [0.717, 1.165) is 5.56 Å². The molecule has 1 atom stereocenters. The van der Waals surface area contributed by atoms with Crippen molar-refractivity contribution in [1.29, 1.82) is 0 Å². The maximum atomic E-state index is 13.7. The smallest absolute Gasteiger partial charge is 0.272 e. The molecule has 1 aromatic heterocycles. The number of nitrogens with zero attached hydrogens (tertiary/aromatic N) is 2. The van der Waals surface area contributed by atoms with Crippen LogP contribution in [0.3, 0.4) is 0 Å². The molecule has 1 aromatic rings. The average molecular weight is 284 g/mol. The molecule has 1 amide bonds. The van der Waals surface area contributed by atoms with Gasteiger partial charge in [0, 0.05) is 32.8 Å². The van der Waals surface area contributed by atoms with Gasteiger partial charge in [-0.25, -0.2) is 8.78 Å². The van der Waals surface area contributed by atoms with Gasteiger partial charge in [0.15, 0.2) is 0 Å². The summed E-state index contributed by atoms with van der Waals surface area (Å²) in [6, 6.07) is 3.40. The van der Waals surface area contributed by atoms with Gasteiger partial charge in [0.05, 0.1) is 12.5 Å². The Morgan fingerprint density at radius 3 is 2.90 bits per heavy atom. The minimum Gasteiger partial charge on any atom is -0.384 e. The summed E-state index contributed by atoms with van der Waals surface area (Å²) in [5.74, 6) is -4.05. The van der Waals surface area contributed by atoms with Crippen molar-refractivity contribution in [2.45, 2.75) is 19.3 Å². The zero-order valence-electron chi connectivity index (χ0n) is 11.6. The highest BCUT2D eigenvalue weighted by atomic mass is 19.3. The van der Waals surface area contributed by atoms with Crippen LogP contribution in [0, 0.1) is 12.8 Å². The molecule has 4 nitrogen and oxygen atoms in total. The molecule has 0 bridgehead atoms. The van der Waals surface area contributed by atoms with Gasteiger partial charge in [0.1, 0.15) is 5.69 Å². The van der Waals surface area contributed by atoms with Crippen molar-refractivity contribution in [3.63, 3.8) is 0 Å². The Kier molecular flexibility index (Phi) is 4.32. The fourth-order valence-corrected chi connectivity index (χ4v) is 2.30. The molecule has 1 saturated heterocycles. The maximum absolute atomic E-state index is 13.7. The van der Waals surface area contributed by atoms with Crippen molar-refractivity contribution < 1.29 is 18.3 Å². The van der Waals surface area contributed by atoms with Gasteiger partial charge in [-0.1, -0.05) is 6.07 Å². The van der Waals surface area contributed by atoms with Crippen LogP contribution in [0.2, 0.25) is 0 Å². The number of likely N-dealkylation sites (tertiary alicyclic amines) is 1. The van der Waals surface area contributed by atoms with Crippen LogP contribution in [0.25, 0.3) is 0 Å². The number of alkyl halides is 2. The van der Waals surface area contributed by atoms with Crippen LogP contribution in [0.5, 0.6) is 0 Å². The molecule has 2 rings (SSSR count). The second kappa shape index (κ2) is 5.83. The summed E-state index contributed by atoms with van der Waals surface area (Å²) in [5, 5.41) is 0. The number of carbonyl (C=O) groups is 1. The summed E-state index contributed by atoms with van der Waals surface area (Å²) in [7, 11) is 1.39. The van der Waals surface area contributed by atoms with Crippen LogP contribution in [0.4, 0.5) is 8.78 Å². The molecule has 110 valence electrons. The number of ether oxygens (including phenoxy) is 1. The monoisotopic (exact) mass is 284 g/mol. The van der Waals surface area contributed by atoms with Crippen LogP contribution < -0.4 is 0 Å². The number of carbonyl (C=O) groups excluding carboxylic acids is 1. The van der Waals surface area contributed by atoms with Crippen LogP contribution in [0.1, 0.15) is 22.5 Å². The largest absolute Gasteiger partial charge is 0.384 e. The number of pyridine rings is 1. The Bertz CT molecular complexity index is 477. The SMILES string of the molecule is COCC1CN(C(=O)c2ccc(C)cn2)CCC1(F)F. The first kappa shape index (κ1) is 14.8. The van der Waals surface area contributed by atoms with Crippen molar-refractivity contribution >= 4 is 5.91 Å². The predicted octanol–water partition coefficient (Wildman–Crippen LogP) is 2.13. The number of methoxy groups -OCH3 is 1. The Labute approximate surface area is 116 Å². The van der Waals surface area contributed by atoms with Crippen molar-refractivity contribution in [3.05, 3.63) is 29.6 Å². The molecular formula is C14H18F2N2O2. The van der Waals surface area contributed by atoms with E-state index in [1.807, 2.05) is 6.92 Å². The van der Waals surface area contributed by atoms with E-state index in [9.17, 15) is 13.6 Å². The minimum absolute atomic E-state index is 0.00473. The zero-order valence-corrected chi connectivity index (χ0v) is 11.6. The molecule has 0 aliphatic carbocycles. The number of hydrogen-bond acceptors (Lipinski definition) is 3. The molecule has 1 unspecified atom stereocenters. The fraction of sp³-hybridized carbons (Fsp3) is 0.571. The quantitative estimate of drug-likeness (QED) is 0.854. The van der Waals surface area contributed by atoms with Gasteiger partial charge in [-0.05, 0) is 18.6 Å². The number of hydrogen-bond donors (Lipinski definition) is 0. The van der Waals surface area contributed by atoms with E-state index in [0.29, 0.717) is 0 Å². The molecule has 1 fully saturated rings. The molecular weight excluding hydrogens is 266 g/mol. The van der Waals surface area contributed by atoms with Crippen LogP contribution in [-0.2, 0) is 4.74 Å². The number of piperidine rings is 1. The van der Waals surface area contributed by atoms with Gasteiger partial charge in [-0.3, -0.25) is 9.78 Å². The van der Waals surface area contributed by atoms with Crippen molar-refractivity contribution in [2.75, 3.05) is 26.8 Å². The molecule has 0 N–H and O–H groups in total. The summed E-state index contributed by atoms with van der Waals surface area (Å²) in [5.41, 5.74) is 1.24. The summed E-state index contributed by atoms with van der Waals surface area (Å²) < 4.78 is 32.3. The summed E-state index contributed by atoms with van der Waals surface area (Å²) in [6.45, 7) is 1.85. The molecule has 0 saturated carbocycles. The lowest BCUT2D eigenvalue weighted by atomic mass is 9.94. The van der Waals surface area contributed by atoms with Crippen LogP contribution in [0.15, 0.2) is 18.3 Å². The maximum Gasteiger partial charge on any atom is 0.272 e. The van der Waals surface area contributed by atoms with E-state index in [1.165, 1.54) is 12.0 Å². The van der Waals surface area contributed by atoms with Gasteiger partial charge in [0.25, 0.3) is 11.8 Å². The van der Waals surface area contributed by atoms with E-state index in [4.69, 9.17) is 4.74 Å². The second-order valence-corrected chi connectivity index (χ2v) is 5.14. The summed E-state index contributed by atoms with van der Waals surface area (Å²) in [6.07, 6.45) is 1.26. The van der Waals surface area contributed by atoms with E-state index >= 15 is 0 Å². The highest BCUT2D eigenvalue weighted by Crippen LogP contribution is 2.34. The van der Waals surface area contributed by atoms with Crippen molar-refractivity contribution in [1.82, 2.24) is 9.88 Å². The van der Waals surface area contributed by atoms with E-state index in [2.05, 4.69) is 4.98 Å². The van der Waals surface area contributed by atoms with Crippen molar-refractivity contribution in [3.8, 4) is 0 Å². The lowest BCUT2D eigenvalue weighted by Gasteiger charge is -2.37. The van der Waals surface area contributed by atoms with Crippen molar-refractivity contribution in [2.24, 2.45) is 5.92 Å². The third-order valence-electron chi connectivity index (χ3n) is 3.54. The lowest BCUT2D eigenvalue weighted by Crippen LogP contribution is -2.50. The molecule has 0 radical (unpaired) electrons. The topological polar surface area (TPSA) is 42.4 Å². The minimum atomic E-state index is -2.78. The molecule has 1 aliphatic heterocycles. The standard InChI is InChI=1S/C14H18F2N2O2/c1-10-3-4-12(17-7-10)13(19)18-6-5-14(15,16)11(8-18)9-20-2/h3-4,7,11H,5-6,8-9H2,1-2H3. The molecule has 1 aliphatic rings. The van der Waals surface area contributed by atoms with Gasteiger partial charge >= 0.3 is 0 Å². The average Bonchev–Trinajstić information content (AvgIpc) is 2.41. The molecule has 20 heavy (non-hydrogen) atoms. The van der Waals surface area contributed by atoms with Gasteiger partial charge < -0.3 is 9.64 Å². The first-order chi connectivity index (χ1) is 9.44. The Morgan fingerprint density at radius 2 is 2.30 bits per heavy atom. The number of aryl methyl sites for hydroxylation is 1. The number of aromatic nitrogens is 1. The van der Waals surface area contributed by atoms with Gasteiger partial charge in [-0.15, -0.1) is 0 Å². The molecule has 6 heteroatoms. The van der Waals surface area contributed by atoms with Gasteiger partial charge in [-0.2, -0.15) is 0 Å². The normalized spacial score (nSPS) is 21.8. The van der Waals surface area contributed by atoms with Crippen LogP contribution >= 0.6 is 0 Å². The molecule has 0 aromatic carbocycles. The van der Waals surface area contributed by atoms with E-state index in [-0.39, 0.29) is 37.7 Å². The van der Waals surface area contributed by atoms with E-state index < -0.39 is 11.8 Å². The lowest BCUT2D eigenvalue weighted by molar-refractivity contribution is -0.118. The fourth-order valence-electron chi connectivity index (χ4n) is 2.30. The molecule has 2 heterocycles. The Hall–Kier alpha value is -1.56. The Balaban J connectivity index is 2.09. The first-order valence-corrected chi connectivity index (χ1v) is 6.52. The third kappa shape index (κ3) is 3.12. The highest BCUT2D eigenvalue weighted by Gasteiger charge is 2.45. The van der Waals surface area contributed by atoms with E-state index in [1.54, 1.807) is 18.3 Å². The number of rotatable bonds is 3. The Morgan fingerprint density at radius 1 is 1.55 bits per heavy atom. The second-order valence-electron chi connectivity index (χ2n) is 5.14. The van der Waals surface area contributed by atoms with Gasteiger partial charge in [0.2, 0.25) is 0 Å². The first-order valence-electron chi connectivity index (χ1n) is 6.52. The predicted molar refractivity (Wildman–Crippen MR) is 69.8 cm³/mol. The summed E-state index contributed by atoms with van der Waals surface area (Å²) >= 11 is 0. The molecule has 0 spiro atoms. The zero-order chi connectivity index (χ0) is 14.8.